The molecule has 1 aliphatic rings. The van der Waals surface area contributed by atoms with Crippen molar-refractivity contribution in [3.63, 3.8) is 0 Å². The van der Waals surface area contributed by atoms with Crippen LogP contribution >= 0.6 is 0 Å². The highest BCUT2D eigenvalue weighted by atomic mass is 16.5. The number of carbonyl (C=O) groups is 2. The highest BCUT2D eigenvalue weighted by Gasteiger charge is 2.40. The molecule has 23 heavy (non-hydrogen) atoms. The molecule has 0 bridgehead atoms. The van der Waals surface area contributed by atoms with Crippen molar-refractivity contribution in [2.75, 3.05) is 7.11 Å². The van der Waals surface area contributed by atoms with E-state index in [2.05, 4.69) is 0 Å². The molecule has 4 heteroatoms. The Kier molecular flexibility index (Phi) is 4.15. The maximum atomic E-state index is 12.8. The van der Waals surface area contributed by atoms with Gasteiger partial charge in [-0.1, -0.05) is 43.7 Å². The lowest BCUT2D eigenvalue weighted by atomic mass is 9.99. The second kappa shape index (κ2) is 6.24. The lowest BCUT2D eigenvalue weighted by Gasteiger charge is -2.27. The first-order valence-corrected chi connectivity index (χ1v) is 7.78. The molecule has 1 heterocycles. The summed E-state index contributed by atoms with van der Waals surface area (Å²) < 4.78 is 5.43. The normalized spacial score (nSPS) is 14.8. The SMILES string of the molecule is CCCC(c1ccccc1OC)N1C(=O)c2ccccc2C1=O. The highest BCUT2D eigenvalue weighted by Crippen LogP contribution is 2.37. The van der Waals surface area contributed by atoms with Gasteiger partial charge in [0.25, 0.3) is 11.8 Å². The zero-order valence-corrected chi connectivity index (χ0v) is 13.3. The third-order valence-electron chi connectivity index (χ3n) is 4.20. The number of amides is 2. The predicted octanol–water partition coefficient (Wildman–Crippen LogP) is 3.83. The Balaban J connectivity index is 2.07. The van der Waals surface area contributed by atoms with E-state index in [9.17, 15) is 9.59 Å². The number of fused-ring (bicyclic) bond motifs is 1. The van der Waals surface area contributed by atoms with Crippen LogP contribution in [0.3, 0.4) is 0 Å². The number of para-hydroxylation sites is 1. The van der Waals surface area contributed by atoms with Crippen molar-refractivity contribution in [3.8, 4) is 5.75 Å². The summed E-state index contributed by atoms with van der Waals surface area (Å²) in [5, 5.41) is 0. The van der Waals surface area contributed by atoms with Crippen LogP contribution in [0.25, 0.3) is 0 Å². The van der Waals surface area contributed by atoms with E-state index in [1.807, 2.05) is 31.2 Å². The van der Waals surface area contributed by atoms with Gasteiger partial charge in [0.15, 0.2) is 0 Å². The molecule has 118 valence electrons. The number of nitrogens with zero attached hydrogens (tertiary/aromatic N) is 1. The summed E-state index contributed by atoms with van der Waals surface area (Å²) in [6.45, 7) is 2.04. The van der Waals surface area contributed by atoms with E-state index in [4.69, 9.17) is 4.74 Å². The Morgan fingerprint density at radius 2 is 1.52 bits per heavy atom. The maximum absolute atomic E-state index is 12.8. The molecule has 0 aromatic heterocycles. The second-order valence-corrected chi connectivity index (χ2v) is 5.57. The summed E-state index contributed by atoms with van der Waals surface area (Å²) in [7, 11) is 1.60. The van der Waals surface area contributed by atoms with Crippen molar-refractivity contribution in [1.82, 2.24) is 4.90 Å². The zero-order chi connectivity index (χ0) is 16.4. The molecule has 2 aromatic rings. The van der Waals surface area contributed by atoms with Crippen molar-refractivity contribution in [1.29, 1.82) is 0 Å². The van der Waals surface area contributed by atoms with E-state index < -0.39 is 0 Å². The minimum atomic E-state index is -0.316. The van der Waals surface area contributed by atoms with E-state index >= 15 is 0 Å². The highest BCUT2D eigenvalue weighted by molar-refractivity contribution is 6.21. The van der Waals surface area contributed by atoms with Gasteiger partial charge in [-0.25, -0.2) is 0 Å². The smallest absolute Gasteiger partial charge is 0.262 e. The molecule has 2 amide bonds. The summed E-state index contributed by atoms with van der Waals surface area (Å²) in [5.74, 6) is 0.243. The van der Waals surface area contributed by atoms with Crippen molar-refractivity contribution in [2.45, 2.75) is 25.8 Å². The molecule has 1 unspecified atom stereocenters. The molecule has 1 aliphatic heterocycles. The first kappa shape index (κ1) is 15.3. The fourth-order valence-electron chi connectivity index (χ4n) is 3.13. The van der Waals surface area contributed by atoms with Crippen LogP contribution in [0.4, 0.5) is 0 Å². The van der Waals surface area contributed by atoms with Crippen LogP contribution in [-0.2, 0) is 0 Å². The molecular weight excluding hydrogens is 290 g/mol. The lowest BCUT2D eigenvalue weighted by molar-refractivity contribution is 0.0571. The molecule has 0 saturated carbocycles. The summed E-state index contributed by atoms with van der Waals surface area (Å²) in [6, 6.07) is 14.2. The van der Waals surface area contributed by atoms with Gasteiger partial charge >= 0.3 is 0 Å². The van der Waals surface area contributed by atoms with Crippen LogP contribution in [0.5, 0.6) is 5.75 Å². The summed E-state index contributed by atoms with van der Waals surface area (Å²) >= 11 is 0. The lowest BCUT2D eigenvalue weighted by Crippen LogP contribution is -2.34. The fraction of sp³-hybridized carbons (Fsp3) is 0.263. The van der Waals surface area contributed by atoms with E-state index in [0.717, 1.165) is 12.0 Å². The van der Waals surface area contributed by atoms with Gasteiger partial charge in [-0.3, -0.25) is 14.5 Å². The number of hydrogen-bond donors (Lipinski definition) is 0. The van der Waals surface area contributed by atoms with E-state index in [1.165, 1.54) is 4.90 Å². The predicted molar refractivity (Wildman–Crippen MR) is 87.6 cm³/mol. The third kappa shape index (κ3) is 2.50. The number of hydrogen-bond acceptors (Lipinski definition) is 3. The maximum Gasteiger partial charge on any atom is 0.262 e. The number of rotatable bonds is 5. The van der Waals surface area contributed by atoms with Gasteiger partial charge in [-0.15, -0.1) is 0 Å². The Bertz CT molecular complexity index is 719. The molecule has 3 rings (SSSR count). The van der Waals surface area contributed by atoms with Crippen LogP contribution in [0, 0.1) is 0 Å². The number of ether oxygens (including phenoxy) is 1. The molecule has 0 N–H and O–H groups in total. The van der Waals surface area contributed by atoms with Crippen LogP contribution in [-0.4, -0.2) is 23.8 Å². The van der Waals surface area contributed by atoms with Gasteiger partial charge in [0, 0.05) is 5.56 Å². The molecule has 0 aliphatic carbocycles. The van der Waals surface area contributed by atoms with E-state index in [0.29, 0.717) is 23.3 Å². The molecule has 0 spiro atoms. The van der Waals surface area contributed by atoms with E-state index in [-0.39, 0.29) is 17.9 Å². The first-order valence-electron chi connectivity index (χ1n) is 7.78. The van der Waals surface area contributed by atoms with Gasteiger partial charge in [0.05, 0.1) is 24.3 Å². The first-order chi connectivity index (χ1) is 11.2. The van der Waals surface area contributed by atoms with Crippen LogP contribution < -0.4 is 4.74 Å². The third-order valence-corrected chi connectivity index (χ3v) is 4.20. The largest absolute Gasteiger partial charge is 0.496 e. The minimum absolute atomic E-state index is 0.227. The van der Waals surface area contributed by atoms with Gasteiger partial charge in [0.1, 0.15) is 5.75 Å². The average Bonchev–Trinajstić information content (AvgIpc) is 2.84. The Labute approximate surface area is 135 Å². The molecule has 0 radical (unpaired) electrons. The number of carbonyl (C=O) groups excluding carboxylic acids is 2. The number of imide groups is 1. The van der Waals surface area contributed by atoms with Crippen molar-refractivity contribution in [3.05, 3.63) is 65.2 Å². The molecule has 0 saturated heterocycles. The number of methoxy groups -OCH3 is 1. The summed E-state index contributed by atoms with van der Waals surface area (Å²) in [6.07, 6.45) is 1.56. The zero-order valence-electron chi connectivity index (χ0n) is 13.3. The van der Waals surface area contributed by atoms with Gasteiger partial charge < -0.3 is 4.74 Å². The Morgan fingerprint density at radius 3 is 2.09 bits per heavy atom. The fourth-order valence-corrected chi connectivity index (χ4v) is 3.13. The molecule has 1 atom stereocenters. The van der Waals surface area contributed by atoms with Crippen molar-refractivity contribution in [2.24, 2.45) is 0 Å². The van der Waals surface area contributed by atoms with Gasteiger partial charge in [0.2, 0.25) is 0 Å². The molecule has 2 aromatic carbocycles. The minimum Gasteiger partial charge on any atom is -0.496 e. The monoisotopic (exact) mass is 309 g/mol. The summed E-state index contributed by atoms with van der Waals surface area (Å²) in [4.78, 5) is 26.9. The average molecular weight is 309 g/mol. The molecule has 4 nitrogen and oxygen atoms in total. The molecule has 0 fully saturated rings. The number of benzene rings is 2. The summed E-state index contributed by atoms with van der Waals surface area (Å²) in [5.41, 5.74) is 1.83. The van der Waals surface area contributed by atoms with Crippen LogP contribution in [0.1, 0.15) is 52.1 Å². The van der Waals surface area contributed by atoms with Gasteiger partial charge in [-0.05, 0) is 24.6 Å². The Morgan fingerprint density at radius 1 is 0.957 bits per heavy atom. The second-order valence-electron chi connectivity index (χ2n) is 5.57. The van der Waals surface area contributed by atoms with Crippen molar-refractivity contribution < 1.29 is 14.3 Å². The topological polar surface area (TPSA) is 46.6 Å². The standard InChI is InChI=1S/C19H19NO3/c1-3-8-16(15-11-6-7-12-17(15)23-2)20-18(21)13-9-4-5-10-14(13)19(20)22/h4-7,9-12,16H,3,8H2,1-2H3. The van der Waals surface area contributed by atoms with Crippen LogP contribution in [0.2, 0.25) is 0 Å². The molecular formula is C19H19NO3. The quantitative estimate of drug-likeness (QED) is 0.789. The van der Waals surface area contributed by atoms with E-state index in [1.54, 1.807) is 31.4 Å². The Hall–Kier alpha value is -2.62. The van der Waals surface area contributed by atoms with Crippen molar-refractivity contribution >= 4 is 11.8 Å². The van der Waals surface area contributed by atoms with Crippen LogP contribution in [0.15, 0.2) is 48.5 Å². The van der Waals surface area contributed by atoms with Gasteiger partial charge in [-0.2, -0.15) is 0 Å².